The summed E-state index contributed by atoms with van der Waals surface area (Å²) in [7, 11) is 0. The number of ether oxygens (including phenoxy) is 1. The first kappa shape index (κ1) is 13.1. The Hall–Kier alpha value is -2.37. The highest BCUT2D eigenvalue weighted by Gasteiger charge is 2.20. The van der Waals surface area contributed by atoms with Crippen molar-refractivity contribution < 1.29 is 9.53 Å². The number of carbonyl (C=O) groups is 1. The lowest BCUT2D eigenvalue weighted by Gasteiger charge is -2.18. The van der Waals surface area contributed by atoms with Gasteiger partial charge in [-0.1, -0.05) is 5.21 Å². The molecule has 0 aliphatic rings. The summed E-state index contributed by atoms with van der Waals surface area (Å²) >= 11 is 0. The lowest BCUT2D eigenvalue weighted by molar-refractivity contribution is 0.00627. The Kier molecular flexibility index (Phi) is 3.25. The van der Waals surface area contributed by atoms with Crippen molar-refractivity contribution in [2.45, 2.75) is 26.4 Å². The minimum atomic E-state index is -0.554. The molecule has 1 aromatic carbocycles. The Labute approximate surface area is 111 Å². The van der Waals surface area contributed by atoms with Crippen LogP contribution in [0.4, 0.5) is 5.69 Å². The van der Waals surface area contributed by atoms with Crippen molar-refractivity contribution in [2.75, 3.05) is 5.73 Å². The average Bonchev–Trinajstić information content (AvgIpc) is 2.77. The molecular formula is C13H16N4O2. The minimum absolute atomic E-state index is 0.173. The number of nitrogens with two attached hydrogens (primary N) is 1. The zero-order chi connectivity index (χ0) is 14.0. The molecule has 100 valence electrons. The fourth-order valence-electron chi connectivity index (χ4n) is 1.44. The standard InChI is InChI=1S/C13H16N4O2/c1-13(2,3)19-12(18)11-8-17(16-15-11)10-6-4-9(14)5-7-10/h4-8H,14H2,1-3H3. The SMILES string of the molecule is CC(C)(C)OC(=O)c1cn(-c2ccc(N)cc2)nn1. The molecule has 0 spiro atoms. The van der Waals surface area contributed by atoms with Gasteiger partial charge in [-0.25, -0.2) is 9.48 Å². The number of carbonyl (C=O) groups excluding carboxylic acids is 1. The largest absolute Gasteiger partial charge is 0.455 e. The summed E-state index contributed by atoms with van der Waals surface area (Å²) in [5.41, 5.74) is 6.67. The summed E-state index contributed by atoms with van der Waals surface area (Å²) in [6.45, 7) is 5.40. The number of nitrogen functional groups attached to an aromatic ring is 1. The fourth-order valence-corrected chi connectivity index (χ4v) is 1.44. The molecule has 0 amide bonds. The summed E-state index contributed by atoms with van der Waals surface area (Å²) < 4.78 is 6.72. The second kappa shape index (κ2) is 4.72. The van der Waals surface area contributed by atoms with E-state index in [4.69, 9.17) is 10.5 Å². The normalized spacial score (nSPS) is 11.3. The quantitative estimate of drug-likeness (QED) is 0.657. The van der Waals surface area contributed by atoms with Gasteiger partial charge in [0.15, 0.2) is 5.69 Å². The van der Waals surface area contributed by atoms with E-state index >= 15 is 0 Å². The van der Waals surface area contributed by atoms with Crippen LogP contribution in [0.3, 0.4) is 0 Å². The van der Waals surface area contributed by atoms with Crippen LogP contribution in [-0.4, -0.2) is 26.6 Å². The highest BCUT2D eigenvalue weighted by molar-refractivity contribution is 5.87. The van der Waals surface area contributed by atoms with Gasteiger partial charge < -0.3 is 10.5 Å². The highest BCUT2D eigenvalue weighted by Crippen LogP contribution is 2.13. The Morgan fingerprint density at radius 2 is 1.89 bits per heavy atom. The molecule has 6 nitrogen and oxygen atoms in total. The lowest BCUT2D eigenvalue weighted by atomic mass is 10.2. The summed E-state index contributed by atoms with van der Waals surface area (Å²) in [6, 6.07) is 7.10. The van der Waals surface area contributed by atoms with Crippen molar-refractivity contribution in [3.63, 3.8) is 0 Å². The summed E-state index contributed by atoms with van der Waals surface area (Å²) in [5, 5.41) is 7.70. The van der Waals surface area contributed by atoms with E-state index in [9.17, 15) is 4.79 Å². The van der Waals surface area contributed by atoms with Crippen molar-refractivity contribution in [3.8, 4) is 5.69 Å². The summed E-state index contributed by atoms with van der Waals surface area (Å²) in [5.74, 6) is -0.491. The van der Waals surface area contributed by atoms with Gasteiger partial charge in [0, 0.05) is 5.69 Å². The van der Waals surface area contributed by atoms with Gasteiger partial charge in [0.1, 0.15) is 5.60 Å². The Morgan fingerprint density at radius 1 is 1.26 bits per heavy atom. The molecule has 0 radical (unpaired) electrons. The van der Waals surface area contributed by atoms with Crippen molar-refractivity contribution >= 4 is 11.7 Å². The molecule has 0 saturated carbocycles. The third-order valence-corrected chi connectivity index (χ3v) is 2.26. The van der Waals surface area contributed by atoms with Crippen LogP contribution >= 0.6 is 0 Å². The number of hydrogen-bond acceptors (Lipinski definition) is 5. The predicted octanol–water partition coefficient (Wildman–Crippen LogP) is 1.80. The Bertz CT molecular complexity index is 581. The first-order valence-corrected chi connectivity index (χ1v) is 5.87. The van der Waals surface area contributed by atoms with Crippen LogP contribution in [0.5, 0.6) is 0 Å². The molecule has 0 atom stereocenters. The first-order chi connectivity index (χ1) is 8.85. The molecule has 2 aromatic rings. The van der Waals surface area contributed by atoms with Gasteiger partial charge >= 0.3 is 5.97 Å². The van der Waals surface area contributed by atoms with E-state index in [1.807, 2.05) is 0 Å². The van der Waals surface area contributed by atoms with Crippen molar-refractivity contribution in [1.29, 1.82) is 0 Å². The van der Waals surface area contributed by atoms with Gasteiger partial charge in [0.05, 0.1) is 11.9 Å². The molecule has 1 heterocycles. The van der Waals surface area contributed by atoms with Gasteiger partial charge in [0.25, 0.3) is 0 Å². The van der Waals surface area contributed by atoms with Crippen LogP contribution in [0.25, 0.3) is 5.69 Å². The molecule has 6 heteroatoms. The molecule has 19 heavy (non-hydrogen) atoms. The Morgan fingerprint density at radius 3 is 2.47 bits per heavy atom. The number of nitrogens with zero attached hydrogens (tertiary/aromatic N) is 3. The van der Waals surface area contributed by atoms with E-state index in [-0.39, 0.29) is 5.69 Å². The minimum Gasteiger partial charge on any atom is -0.455 e. The Balaban J connectivity index is 2.19. The molecular weight excluding hydrogens is 244 g/mol. The van der Waals surface area contributed by atoms with E-state index in [1.54, 1.807) is 45.0 Å². The molecule has 2 N–H and O–H groups in total. The van der Waals surface area contributed by atoms with Crippen LogP contribution in [0.2, 0.25) is 0 Å². The van der Waals surface area contributed by atoms with E-state index < -0.39 is 11.6 Å². The zero-order valence-electron chi connectivity index (χ0n) is 11.1. The molecule has 0 unspecified atom stereocenters. The number of rotatable bonds is 2. The topological polar surface area (TPSA) is 83.0 Å². The van der Waals surface area contributed by atoms with Crippen LogP contribution in [0.15, 0.2) is 30.5 Å². The number of benzene rings is 1. The van der Waals surface area contributed by atoms with E-state index in [0.29, 0.717) is 5.69 Å². The van der Waals surface area contributed by atoms with Gasteiger partial charge in [0.2, 0.25) is 0 Å². The monoisotopic (exact) mass is 260 g/mol. The molecule has 0 aliphatic heterocycles. The maximum atomic E-state index is 11.8. The smallest absolute Gasteiger partial charge is 0.361 e. The van der Waals surface area contributed by atoms with Gasteiger partial charge in [-0.05, 0) is 45.0 Å². The van der Waals surface area contributed by atoms with Crippen molar-refractivity contribution in [1.82, 2.24) is 15.0 Å². The van der Waals surface area contributed by atoms with Gasteiger partial charge in [-0.2, -0.15) is 0 Å². The zero-order valence-corrected chi connectivity index (χ0v) is 11.1. The number of hydrogen-bond donors (Lipinski definition) is 1. The molecule has 0 aliphatic carbocycles. The summed E-state index contributed by atoms with van der Waals surface area (Å²) in [4.78, 5) is 11.8. The molecule has 0 fully saturated rings. The summed E-state index contributed by atoms with van der Waals surface area (Å²) in [6.07, 6.45) is 1.53. The first-order valence-electron chi connectivity index (χ1n) is 5.87. The maximum Gasteiger partial charge on any atom is 0.361 e. The maximum absolute atomic E-state index is 11.8. The fraction of sp³-hybridized carbons (Fsp3) is 0.308. The van der Waals surface area contributed by atoms with E-state index in [0.717, 1.165) is 5.69 Å². The third kappa shape index (κ3) is 3.31. The average molecular weight is 260 g/mol. The second-order valence-corrected chi connectivity index (χ2v) is 5.14. The van der Waals surface area contributed by atoms with Gasteiger partial charge in [-0.3, -0.25) is 0 Å². The van der Waals surface area contributed by atoms with Crippen LogP contribution in [0.1, 0.15) is 31.3 Å². The molecule has 0 saturated heterocycles. The van der Waals surface area contributed by atoms with Gasteiger partial charge in [-0.15, -0.1) is 5.10 Å². The second-order valence-electron chi connectivity index (χ2n) is 5.14. The van der Waals surface area contributed by atoms with Crippen LogP contribution < -0.4 is 5.73 Å². The number of esters is 1. The van der Waals surface area contributed by atoms with Crippen molar-refractivity contribution in [3.05, 3.63) is 36.2 Å². The number of aromatic nitrogens is 3. The predicted molar refractivity (Wildman–Crippen MR) is 70.9 cm³/mol. The number of anilines is 1. The molecule has 0 bridgehead atoms. The van der Waals surface area contributed by atoms with Crippen molar-refractivity contribution in [2.24, 2.45) is 0 Å². The molecule has 2 rings (SSSR count). The highest BCUT2D eigenvalue weighted by atomic mass is 16.6. The van der Waals surface area contributed by atoms with E-state index in [2.05, 4.69) is 10.3 Å². The van der Waals surface area contributed by atoms with Crippen LogP contribution in [0, 0.1) is 0 Å². The third-order valence-electron chi connectivity index (χ3n) is 2.26. The lowest BCUT2D eigenvalue weighted by Crippen LogP contribution is -2.24. The molecule has 1 aromatic heterocycles. The van der Waals surface area contributed by atoms with E-state index in [1.165, 1.54) is 10.9 Å². The van der Waals surface area contributed by atoms with Crippen LogP contribution in [-0.2, 0) is 4.74 Å².